The predicted molar refractivity (Wildman–Crippen MR) is 84.1 cm³/mol. The number of hydrogen-bond acceptors (Lipinski definition) is 2. The van der Waals surface area contributed by atoms with Crippen molar-refractivity contribution in [2.24, 2.45) is 0 Å². The molecule has 114 valence electrons. The lowest BCUT2D eigenvalue weighted by molar-refractivity contribution is -0.145. The van der Waals surface area contributed by atoms with Gasteiger partial charge in [-0.15, -0.1) is 0 Å². The van der Waals surface area contributed by atoms with Crippen molar-refractivity contribution < 1.29 is 9.59 Å². The molecule has 0 bridgehead atoms. The third-order valence-corrected chi connectivity index (χ3v) is 4.17. The third-order valence-electron chi connectivity index (χ3n) is 4.17. The van der Waals surface area contributed by atoms with Gasteiger partial charge in [0.2, 0.25) is 0 Å². The van der Waals surface area contributed by atoms with Crippen LogP contribution in [0.25, 0.3) is 0 Å². The maximum atomic E-state index is 12.3. The molecule has 1 fully saturated rings. The van der Waals surface area contributed by atoms with Crippen molar-refractivity contribution in [3.8, 4) is 0 Å². The summed E-state index contributed by atoms with van der Waals surface area (Å²) in [5.74, 6) is -0.930. The molecule has 1 aliphatic heterocycles. The number of carbonyl (C=O) groups is 2. The van der Waals surface area contributed by atoms with Crippen LogP contribution < -0.4 is 5.32 Å². The molecular weight excluding hydrogens is 264 g/mol. The molecule has 1 unspecified atom stereocenters. The van der Waals surface area contributed by atoms with E-state index >= 15 is 0 Å². The lowest BCUT2D eigenvalue weighted by Crippen LogP contribution is -2.48. The Morgan fingerprint density at radius 2 is 1.90 bits per heavy atom. The molecule has 0 aliphatic carbocycles. The zero-order valence-corrected chi connectivity index (χ0v) is 12.9. The maximum Gasteiger partial charge on any atom is 0.313 e. The predicted octanol–water partition coefficient (Wildman–Crippen LogP) is 2.98. The number of likely N-dealkylation sites (tertiary alicyclic amines) is 1. The number of carbonyl (C=O) groups excluding carboxylic acids is 2. The van der Waals surface area contributed by atoms with Gasteiger partial charge < -0.3 is 10.2 Å². The highest BCUT2D eigenvalue weighted by Gasteiger charge is 2.29. The van der Waals surface area contributed by atoms with Gasteiger partial charge in [0.15, 0.2) is 0 Å². The molecule has 1 atom stereocenters. The second kappa shape index (κ2) is 7.25. The summed E-state index contributed by atoms with van der Waals surface area (Å²) in [4.78, 5) is 26.2. The van der Waals surface area contributed by atoms with Crippen molar-refractivity contribution in [2.75, 3.05) is 11.9 Å². The number of aryl methyl sites for hydroxylation is 1. The van der Waals surface area contributed by atoms with Crippen molar-refractivity contribution in [2.45, 2.75) is 52.0 Å². The molecule has 1 saturated heterocycles. The Kier molecular flexibility index (Phi) is 5.37. The van der Waals surface area contributed by atoms with E-state index in [2.05, 4.69) is 19.2 Å². The zero-order chi connectivity index (χ0) is 15.2. The summed E-state index contributed by atoms with van der Waals surface area (Å²) in [5.41, 5.74) is 1.89. The van der Waals surface area contributed by atoms with Crippen LogP contribution in [0, 0.1) is 0 Å². The minimum Gasteiger partial charge on any atom is -0.331 e. The fraction of sp³-hybridized carbons (Fsp3) is 0.529. The van der Waals surface area contributed by atoms with E-state index in [-0.39, 0.29) is 6.04 Å². The standard InChI is InChI=1S/C17H24N2O2/c1-3-13-8-10-14(11-9-13)18-16(20)17(21)19-12-6-5-7-15(19)4-2/h8-11,15H,3-7,12H2,1-2H3,(H,18,20). The smallest absolute Gasteiger partial charge is 0.313 e. The number of nitrogens with zero attached hydrogens (tertiary/aromatic N) is 1. The average molecular weight is 288 g/mol. The first-order valence-corrected chi connectivity index (χ1v) is 7.86. The Morgan fingerprint density at radius 1 is 1.19 bits per heavy atom. The Labute approximate surface area is 126 Å². The second-order valence-corrected chi connectivity index (χ2v) is 5.56. The summed E-state index contributed by atoms with van der Waals surface area (Å²) in [5, 5.41) is 2.70. The van der Waals surface area contributed by atoms with E-state index < -0.39 is 11.8 Å². The third kappa shape index (κ3) is 3.84. The second-order valence-electron chi connectivity index (χ2n) is 5.56. The summed E-state index contributed by atoms with van der Waals surface area (Å²) in [6.07, 6.45) is 4.99. The molecule has 1 heterocycles. The van der Waals surface area contributed by atoms with E-state index in [1.54, 1.807) is 4.90 Å². The van der Waals surface area contributed by atoms with E-state index in [1.165, 1.54) is 5.56 Å². The van der Waals surface area contributed by atoms with Gasteiger partial charge >= 0.3 is 11.8 Å². The highest BCUT2D eigenvalue weighted by atomic mass is 16.2. The number of amides is 2. The largest absolute Gasteiger partial charge is 0.331 e. The van der Waals surface area contributed by atoms with Crippen LogP contribution >= 0.6 is 0 Å². The van der Waals surface area contributed by atoms with Crippen LogP contribution in [0.4, 0.5) is 5.69 Å². The number of piperidine rings is 1. The SMILES string of the molecule is CCc1ccc(NC(=O)C(=O)N2CCCCC2CC)cc1. The summed E-state index contributed by atoms with van der Waals surface area (Å²) in [6.45, 7) is 4.84. The first kappa shape index (κ1) is 15.5. The van der Waals surface area contributed by atoms with E-state index in [0.717, 1.165) is 32.1 Å². The van der Waals surface area contributed by atoms with Crippen LogP contribution in [0.1, 0.15) is 45.1 Å². The minimum absolute atomic E-state index is 0.208. The van der Waals surface area contributed by atoms with Gasteiger partial charge in [-0.2, -0.15) is 0 Å². The molecule has 0 aromatic heterocycles. The molecule has 0 spiro atoms. The normalized spacial score (nSPS) is 18.4. The molecule has 0 radical (unpaired) electrons. The molecule has 1 aromatic carbocycles. The van der Waals surface area contributed by atoms with Crippen LogP contribution in [-0.2, 0) is 16.0 Å². The van der Waals surface area contributed by atoms with Crippen molar-refractivity contribution >= 4 is 17.5 Å². The monoisotopic (exact) mass is 288 g/mol. The topological polar surface area (TPSA) is 49.4 Å². The summed E-state index contributed by atoms with van der Waals surface area (Å²) >= 11 is 0. The van der Waals surface area contributed by atoms with Crippen molar-refractivity contribution in [3.05, 3.63) is 29.8 Å². The Morgan fingerprint density at radius 3 is 2.52 bits per heavy atom. The van der Waals surface area contributed by atoms with Crippen molar-refractivity contribution in [1.82, 2.24) is 4.90 Å². The Bertz CT molecular complexity index is 496. The molecule has 1 N–H and O–H groups in total. The highest BCUT2D eigenvalue weighted by Crippen LogP contribution is 2.20. The Hall–Kier alpha value is -1.84. The van der Waals surface area contributed by atoms with Crippen molar-refractivity contribution in [1.29, 1.82) is 0 Å². The van der Waals surface area contributed by atoms with E-state index in [4.69, 9.17) is 0 Å². The fourth-order valence-corrected chi connectivity index (χ4v) is 2.83. The summed E-state index contributed by atoms with van der Waals surface area (Å²) in [7, 11) is 0. The van der Waals surface area contributed by atoms with Gasteiger partial charge in [-0.3, -0.25) is 9.59 Å². The van der Waals surface area contributed by atoms with E-state index in [0.29, 0.717) is 12.2 Å². The average Bonchev–Trinajstić information content (AvgIpc) is 2.54. The van der Waals surface area contributed by atoms with Gasteiger partial charge in [0.05, 0.1) is 0 Å². The molecular formula is C17H24N2O2. The molecule has 1 aliphatic rings. The van der Waals surface area contributed by atoms with Gasteiger partial charge in [-0.05, 0) is 49.8 Å². The van der Waals surface area contributed by atoms with Crippen LogP contribution in [0.5, 0.6) is 0 Å². The summed E-state index contributed by atoms with van der Waals surface area (Å²) < 4.78 is 0. The first-order chi connectivity index (χ1) is 10.2. The van der Waals surface area contributed by atoms with Gasteiger partial charge in [0.25, 0.3) is 0 Å². The number of hydrogen-bond donors (Lipinski definition) is 1. The molecule has 21 heavy (non-hydrogen) atoms. The molecule has 1 aromatic rings. The van der Waals surface area contributed by atoms with Gasteiger partial charge in [0, 0.05) is 18.3 Å². The number of benzene rings is 1. The first-order valence-electron chi connectivity index (χ1n) is 7.86. The number of anilines is 1. The lowest BCUT2D eigenvalue weighted by Gasteiger charge is -2.34. The maximum absolute atomic E-state index is 12.3. The minimum atomic E-state index is -0.528. The van der Waals surface area contributed by atoms with E-state index in [9.17, 15) is 9.59 Å². The Balaban J connectivity index is 1.99. The number of rotatable bonds is 3. The van der Waals surface area contributed by atoms with Crippen molar-refractivity contribution in [3.63, 3.8) is 0 Å². The lowest BCUT2D eigenvalue weighted by atomic mass is 10.00. The van der Waals surface area contributed by atoms with Gasteiger partial charge in [0.1, 0.15) is 0 Å². The summed E-state index contributed by atoms with van der Waals surface area (Å²) in [6, 6.07) is 7.83. The highest BCUT2D eigenvalue weighted by molar-refractivity contribution is 6.39. The van der Waals surface area contributed by atoms with Crippen LogP contribution in [-0.4, -0.2) is 29.3 Å². The van der Waals surface area contributed by atoms with Gasteiger partial charge in [-0.1, -0.05) is 26.0 Å². The molecule has 4 heteroatoms. The number of nitrogens with one attached hydrogen (secondary N) is 1. The molecule has 4 nitrogen and oxygen atoms in total. The molecule has 2 amide bonds. The van der Waals surface area contributed by atoms with Crippen LogP contribution in [0.15, 0.2) is 24.3 Å². The molecule has 2 rings (SSSR count). The fourth-order valence-electron chi connectivity index (χ4n) is 2.83. The molecule has 0 saturated carbocycles. The van der Waals surface area contributed by atoms with Gasteiger partial charge in [-0.25, -0.2) is 0 Å². The van der Waals surface area contributed by atoms with Crippen LogP contribution in [0.2, 0.25) is 0 Å². The van der Waals surface area contributed by atoms with E-state index in [1.807, 2.05) is 24.3 Å². The van der Waals surface area contributed by atoms with Crippen LogP contribution in [0.3, 0.4) is 0 Å². The zero-order valence-electron chi connectivity index (χ0n) is 12.9. The quantitative estimate of drug-likeness (QED) is 0.869.